The molecule has 1 heterocycles. The molecule has 134 valence electrons. The van der Waals surface area contributed by atoms with Gasteiger partial charge in [-0.3, -0.25) is 10.1 Å². The Balaban J connectivity index is 1.90. The topological polar surface area (TPSA) is 93.2 Å². The fourth-order valence-corrected chi connectivity index (χ4v) is 3.79. The summed E-state index contributed by atoms with van der Waals surface area (Å²) in [5, 5.41) is 13.7. The van der Waals surface area contributed by atoms with Crippen LogP contribution in [0.1, 0.15) is 20.3 Å². The molecule has 0 unspecified atom stereocenters. The number of thioether (sulfide) groups is 1. The summed E-state index contributed by atoms with van der Waals surface area (Å²) in [5.74, 6) is -0.278. The van der Waals surface area contributed by atoms with E-state index >= 15 is 0 Å². The second kappa shape index (κ2) is 9.59. The Morgan fingerprint density at radius 3 is 2.60 bits per heavy atom. The Hall–Kier alpha value is -1.84. The van der Waals surface area contributed by atoms with Gasteiger partial charge in [-0.25, -0.2) is 4.79 Å². The van der Waals surface area contributed by atoms with Gasteiger partial charge in [0.1, 0.15) is 5.25 Å². The predicted octanol–water partition coefficient (Wildman–Crippen LogP) is 4.27. The molecule has 0 fully saturated rings. The molecule has 2 aromatic rings. The summed E-state index contributed by atoms with van der Waals surface area (Å²) < 4.78 is 5.61. The molecule has 0 aliphatic carbocycles. The van der Waals surface area contributed by atoms with E-state index in [2.05, 4.69) is 20.8 Å². The Bertz CT molecular complexity index is 724. The standard InChI is InChI=1S/C15H17ClN4O3S2/c1-3-11(12(21)23-4-2)24-15-20-19-14(25-15)18-13(22)17-10-7-5-9(16)6-8-10/h5-8,11H,3-4H2,1-2H3,(H2,17,18,19,22)/t11-/m0/s1. The molecule has 0 saturated heterocycles. The van der Waals surface area contributed by atoms with Crippen LogP contribution in [-0.2, 0) is 9.53 Å². The first-order valence-corrected chi connectivity index (χ1v) is 9.59. The third kappa shape index (κ3) is 6.18. The van der Waals surface area contributed by atoms with Crippen molar-refractivity contribution >= 4 is 57.5 Å². The van der Waals surface area contributed by atoms with E-state index in [4.69, 9.17) is 16.3 Å². The fraction of sp³-hybridized carbons (Fsp3) is 0.333. The number of benzene rings is 1. The number of aromatic nitrogens is 2. The maximum Gasteiger partial charge on any atom is 0.325 e. The molecule has 2 N–H and O–H groups in total. The van der Waals surface area contributed by atoms with Gasteiger partial charge in [0.15, 0.2) is 4.34 Å². The first kappa shape index (κ1) is 19.5. The van der Waals surface area contributed by atoms with Crippen molar-refractivity contribution in [2.24, 2.45) is 0 Å². The van der Waals surface area contributed by atoms with Gasteiger partial charge in [0.05, 0.1) is 6.61 Å². The summed E-state index contributed by atoms with van der Waals surface area (Å²) in [6, 6.07) is 6.30. The zero-order valence-electron chi connectivity index (χ0n) is 13.6. The van der Waals surface area contributed by atoms with Gasteiger partial charge in [-0.05, 0) is 37.6 Å². The first-order valence-electron chi connectivity index (χ1n) is 7.52. The average molecular weight is 401 g/mol. The number of ether oxygens (including phenoxy) is 1. The summed E-state index contributed by atoms with van der Waals surface area (Å²) in [6.07, 6.45) is 0.614. The minimum absolute atomic E-state index is 0.278. The molecular weight excluding hydrogens is 384 g/mol. The van der Waals surface area contributed by atoms with Crippen LogP contribution < -0.4 is 10.6 Å². The minimum atomic E-state index is -0.438. The number of anilines is 2. The maximum absolute atomic E-state index is 12.0. The van der Waals surface area contributed by atoms with E-state index in [1.54, 1.807) is 31.2 Å². The molecule has 0 aliphatic heterocycles. The van der Waals surface area contributed by atoms with Crippen LogP contribution in [0.25, 0.3) is 0 Å². The Labute approximate surface area is 158 Å². The van der Waals surface area contributed by atoms with Gasteiger partial charge in [0.25, 0.3) is 0 Å². The van der Waals surface area contributed by atoms with E-state index in [1.807, 2.05) is 6.92 Å². The molecule has 1 atom stereocenters. The first-order chi connectivity index (χ1) is 12.0. The van der Waals surface area contributed by atoms with Crippen LogP contribution in [-0.4, -0.2) is 34.1 Å². The SMILES string of the molecule is CCOC(=O)[C@H](CC)Sc1nnc(NC(=O)Nc2ccc(Cl)cc2)s1. The van der Waals surface area contributed by atoms with Crippen LogP contribution in [0.3, 0.4) is 0 Å². The summed E-state index contributed by atoms with van der Waals surface area (Å²) in [7, 11) is 0. The molecule has 0 saturated carbocycles. The third-order valence-electron chi connectivity index (χ3n) is 2.89. The number of rotatable bonds is 7. The Morgan fingerprint density at radius 2 is 1.96 bits per heavy atom. The molecule has 1 aromatic heterocycles. The molecular formula is C15H17ClN4O3S2. The molecule has 0 spiro atoms. The molecule has 0 aliphatic rings. The van der Waals surface area contributed by atoms with E-state index in [0.29, 0.717) is 33.2 Å². The van der Waals surface area contributed by atoms with Crippen LogP contribution in [0, 0.1) is 0 Å². The van der Waals surface area contributed by atoms with Gasteiger partial charge in [-0.1, -0.05) is 41.6 Å². The van der Waals surface area contributed by atoms with Crippen molar-refractivity contribution in [2.75, 3.05) is 17.2 Å². The lowest BCUT2D eigenvalue weighted by Gasteiger charge is -2.10. The van der Waals surface area contributed by atoms with Gasteiger partial charge in [-0.15, -0.1) is 10.2 Å². The Morgan fingerprint density at radius 1 is 1.24 bits per heavy atom. The van der Waals surface area contributed by atoms with E-state index in [0.717, 1.165) is 0 Å². The highest BCUT2D eigenvalue weighted by Gasteiger charge is 2.21. The van der Waals surface area contributed by atoms with Crippen molar-refractivity contribution < 1.29 is 14.3 Å². The highest BCUT2D eigenvalue weighted by Crippen LogP contribution is 2.31. The number of carbonyl (C=O) groups is 2. The number of urea groups is 1. The largest absolute Gasteiger partial charge is 0.465 e. The van der Waals surface area contributed by atoms with Crippen molar-refractivity contribution in [1.29, 1.82) is 0 Å². The monoisotopic (exact) mass is 400 g/mol. The minimum Gasteiger partial charge on any atom is -0.465 e. The number of esters is 1. The van der Waals surface area contributed by atoms with Crippen molar-refractivity contribution in [1.82, 2.24) is 10.2 Å². The number of carbonyl (C=O) groups excluding carboxylic acids is 2. The van der Waals surface area contributed by atoms with E-state index in [1.165, 1.54) is 23.1 Å². The highest BCUT2D eigenvalue weighted by molar-refractivity contribution is 8.02. The quantitative estimate of drug-likeness (QED) is 0.409. The van der Waals surface area contributed by atoms with Gasteiger partial charge >= 0.3 is 12.0 Å². The van der Waals surface area contributed by atoms with Gasteiger partial charge in [0, 0.05) is 10.7 Å². The number of nitrogens with one attached hydrogen (secondary N) is 2. The second-order valence-corrected chi connectivity index (χ2v) is 7.59. The van der Waals surface area contributed by atoms with E-state index in [9.17, 15) is 9.59 Å². The second-order valence-electron chi connectivity index (χ2n) is 4.73. The normalized spacial score (nSPS) is 11.6. The number of hydrogen-bond acceptors (Lipinski definition) is 7. The lowest BCUT2D eigenvalue weighted by Crippen LogP contribution is -2.19. The average Bonchev–Trinajstić information content (AvgIpc) is 3.01. The molecule has 1 aromatic carbocycles. The van der Waals surface area contributed by atoms with Crippen molar-refractivity contribution in [3.05, 3.63) is 29.3 Å². The van der Waals surface area contributed by atoms with Gasteiger partial charge in [-0.2, -0.15) is 0 Å². The molecule has 10 heteroatoms. The summed E-state index contributed by atoms with van der Waals surface area (Å²) in [4.78, 5) is 23.8. The van der Waals surface area contributed by atoms with E-state index in [-0.39, 0.29) is 11.2 Å². The summed E-state index contributed by atoms with van der Waals surface area (Å²) in [5.41, 5.74) is 0.606. The van der Waals surface area contributed by atoms with Crippen LogP contribution in [0.5, 0.6) is 0 Å². The number of amides is 2. The summed E-state index contributed by atoms with van der Waals surface area (Å²) >= 11 is 8.26. The van der Waals surface area contributed by atoms with Crippen molar-refractivity contribution in [3.63, 3.8) is 0 Å². The number of halogens is 1. The summed E-state index contributed by atoms with van der Waals surface area (Å²) in [6.45, 7) is 4.00. The molecule has 0 bridgehead atoms. The lowest BCUT2D eigenvalue weighted by molar-refractivity contribution is -0.142. The Kier molecular flexibility index (Phi) is 7.48. The third-order valence-corrected chi connectivity index (χ3v) is 5.41. The van der Waals surface area contributed by atoms with Crippen molar-refractivity contribution in [2.45, 2.75) is 29.9 Å². The predicted molar refractivity (Wildman–Crippen MR) is 101 cm³/mol. The van der Waals surface area contributed by atoms with Crippen LogP contribution in [0.2, 0.25) is 5.02 Å². The zero-order chi connectivity index (χ0) is 18.2. The number of hydrogen-bond donors (Lipinski definition) is 2. The van der Waals surface area contributed by atoms with E-state index < -0.39 is 6.03 Å². The molecule has 2 amide bonds. The van der Waals surface area contributed by atoms with Gasteiger partial charge < -0.3 is 10.1 Å². The fourth-order valence-electron chi connectivity index (χ4n) is 1.76. The smallest absolute Gasteiger partial charge is 0.325 e. The maximum atomic E-state index is 12.0. The molecule has 7 nitrogen and oxygen atoms in total. The van der Waals surface area contributed by atoms with Crippen molar-refractivity contribution in [3.8, 4) is 0 Å². The zero-order valence-corrected chi connectivity index (χ0v) is 16.0. The molecule has 2 rings (SSSR count). The molecule has 0 radical (unpaired) electrons. The molecule has 25 heavy (non-hydrogen) atoms. The van der Waals surface area contributed by atoms with Crippen LogP contribution >= 0.6 is 34.7 Å². The van der Waals surface area contributed by atoms with Crippen LogP contribution in [0.15, 0.2) is 28.6 Å². The van der Waals surface area contributed by atoms with Gasteiger partial charge in [0.2, 0.25) is 5.13 Å². The highest BCUT2D eigenvalue weighted by atomic mass is 35.5. The van der Waals surface area contributed by atoms with Crippen LogP contribution in [0.4, 0.5) is 15.6 Å². The lowest BCUT2D eigenvalue weighted by atomic mass is 10.3. The number of nitrogens with zero attached hydrogens (tertiary/aromatic N) is 2.